The Balaban J connectivity index is 1.67. The van der Waals surface area contributed by atoms with Crippen molar-refractivity contribution in [1.29, 1.82) is 0 Å². The van der Waals surface area contributed by atoms with Crippen molar-refractivity contribution in [2.45, 2.75) is 36.9 Å². The number of thiophene rings is 1. The molecule has 1 saturated carbocycles. The summed E-state index contributed by atoms with van der Waals surface area (Å²) in [7, 11) is -3.51. The minimum absolute atomic E-state index is 0.163. The molecule has 0 unspecified atom stereocenters. The number of nitrogens with one attached hydrogen (secondary N) is 2. The molecule has 0 atom stereocenters. The summed E-state index contributed by atoms with van der Waals surface area (Å²) < 4.78 is 27.3. The van der Waals surface area contributed by atoms with E-state index in [4.69, 9.17) is 0 Å². The maximum Gasteiger partial charge on any atom is 0.242 e. The molecule has 0 aromatic carbocycles. The van der Waals surface area contributed by atoms with Crippen molar-refractivity contribution in [3.8, 4) is 0 Å². The maximum atomic E-state index is 12.4. The van der Waals surface area contributed by atoms with Gasteiger partial charge in [0, 0.05) is 23.7 Å². The van der Waals surface area contributed by atoms with Crippen LogP contribution in [0.25, 0.3) is 0 Å². The molecule has 0 bridgehead atoms. The van der Waals surface area contributed by atoms with Gasteiger partial charge in [0.2, 0.25) is 10.0 Å². The van der Waals surface area contributed by atoms with Crippen molar-refractivity contribution in [1.82, 2.24) is 20.0 Å². The first-order valence-electron chi connectivity index (χ1n) is 6.69. The molecule has 1 aliphatic rings. The van der Waals surface area contributed by atoms with Gasteiger partial charge in [-0.2, -0.15) is 0 Å². The number of hydrogen-bond acceptors (Lipinski definition) is 6. The second kappa shape index (κ2) is 6.18. The molecule has 0 spiro atoms. The van der Waals surface area contributed by atoms with Crippen LogP contribution in [0.15, 0.2) is 34.9 Å². The fourth-order valence-electron chi connectivity index (χ4n) is 1.89. The lowest BCUT2D eigenvalue weighted by molar-refractivity contribution is 0.578. The number of nitrogens with zero attached hydrogens (tertiary/aromatic N) is 2. The predicted molar refractivity (Wildman–Crippen MR) is 80.2 cm³/mol. The van der Waals surface area contributed by atoms with Crippen molar-refractivity contribution in [2.75, 3.05) is 0 Å². The number of hydrogen-bond donors (Lipinski definition) is 2. The van der Waals surface area contributed by atoms with Gasteiger partial charge in [-0.15, -0.1) is 11.3 Å². The van der Waals surface area contributed by atoms with Crippen molar-refractivity contribution < 1.29 is 8.42 Å². The molecule has 112 valence electrons. The zero-order valence-corrected chi connectivity index (χ0v) is 13.0. The summed E-state index contributed by atoms with van der Waals surface area (Å²) in [6, 6.07) is 3.89. The van der Waals surface area contributed by atoms with Crippen molar-refractivity contribution in [3.63, 3.8) is 0 Å². The third-order valence-corrected chi connectivity index (χ3v) is 5.75. The van der Waals surface area contributed by atoms with E-state index >= 15 is 0 Å². The standard InChI is InChI=1S/C13H16N4O2S2/c18-21(19,17-7-11-3-5-14-9-16-11)13-4-6-20-12(13)8-15-10-1-2-10/h3-6,9-10,15,17H,1-2,7-8H2. The van der Waals surface area contributed by atoms with Crippen molar-refractivity contribution >= 4 is 21.4 Å². The van der Waals surface area contributed by atoms with E-state index in [0.717, 1.165) is 4.88 Å². The molecule has 0 amide bonds. The molecule has 2 N–H and O–H groups in total. The Bertz CT molecular complexity index is 696. The second-order valence-corrected chi connectivity index (χ2v) is 7.62. The SMILES string of the molecule is O=S(=O)(NCc1ccncn1)c1ccsc1CNC1CC1. The van der Waals surface area contributed by atoms with Gasteiger partial charge >= 0.3 is 0 Å². The van der Waals surface area contributed by atoms with Gasteiger partial charge in [0.1, 0.15) is 6.33 Å². The summed E-state index contributed by atoms with van der Waals surface area (Å²) in [5.74, 6) is 0. The lowest BCUT2D eigenvalue weighted by Crippen LogP contribution is -2.25. The summed E-state index contributed by atoms with van der Waals surface area (Å²) >= 11 is 1.46. The largest absolute Gasteiger partial charge is 0.309 e. The van der Waals surface area contributed by atoms with E-state index in [-0.39, 0.29) is 6.54 Å². The molecule has 0 saturated heterocycles. The van der Waals surface area contributed by atoms with Gasteiger partial charge in [0.15, 0.2) is 0 Å². The summed E-state index contributed by atoms with van der Waals surface area (Å²) in [4.78, 5) is 9.01. The van der Waals surface area contributed by atoms with Gasteiger partial charge in [-0.25, -0.2) is 23.1 Å². The van der Waals surface area contributed by atoms with Crippen LogP contribution in [-0.2, 0) is 23.1 Å². The molecule has 0 radical (unpaired) electrons. The van der Waals surface area contributed by atoms with Crippen LogP contribution in [0.1, 0.15) is 23.4 Å². The lowest BCUT2D eigenvalue weighted by Gasteiger charge is -2.08. The molecule has 1 fully saturated rings. The first-order chi connectivity index (χ1) is 10.1. The van der Waals surface area contributed by atoms with Gasteiger partial charge in [0.25, 0.3) is 0 Å². The fraction of sp³-hybridized carbons (Fsp3) is 0.385. The number of aromatic nitrogens is 2. The first kappa shape index (κ1) is 14.6. The van der Waals surface area contributed by atoms with Gasteiger partial charge < -0.3 is 5.32 Å². The number of sulfonamides is 1. The summed E-state index contributed by atoms with van der Waals surface area (Å²) in [6.07, 6.45) is 5.35. The molecule has 6 nitrogen and oxygen atoms in total. The minimum atomic E-state index is -3.51. The van der Waals surface area contributed by atoms with Gasteiger partial charge in [-0.3, -0.25) is 0 Å². The van der Waals surface area contributed by atoms with Crippen LogP contribution in [0.2, 0.25) is 0 Å². The van der Waals surface area contributed by atoms with Crippen molar-refractivity contribution in [3.05, 3.63) is 40.6 Å². The Morgan fingerprint density at radius 2 is 2.14 bits per heavy atom. The predicted octanol–water partition coefficient (Wildman–Crippen LogP) is 1.27. The highest BCUT2D eigenvalue weighted by Crippen LogP contribution is 2.24. The minimum Gasteiger partial charge on any atom is -0.309 e. The third kappa shape index (κ3) is 3.85. The Morgan fingerprint density at radius 3 is 2.86 bits per heavy atom. The van der Waals surface area contributed by atoms with Crippen LogP contribution >= 0.6 is 11.3 Å². The Labute approximate surface area is 127 Å². The topological polar surface area (TPSA) is 84.0 Å². The lowest BCUT2D eigenvalue weighted by atomic mass is 10.4. The maximum absolute atomic E-state index is 12.4. The van der Waals surface area contributed by atoms with Crippen molar-refractivity contribution in [2.24, 2.45) is 0 Å². The molecule has 21 heavy (non-hydrogen) atoms. The molecule has 2 heterocycles. The Hall–Kier alpha value is -1.35. The highest BCUT2D eigenvalue weighted by Gasteiger charge is 2.23. The van der Waals surface area contributed by atoms with Crippen LogP contribution in [0, 0.1) is 0 Å². The average Bonchev–Trinajstić information content (AvgIpc) is 3.20. The Morgan fingerprint density at radius 1 is 1.29 bits per heavy atom. The van der Waals surface area contributed by atoms with Crippen LogP contribution in [0.5, 0.6) is 0 Å². The van der Waals surface area contributed by atoms with E-state index in [1.807, 2.05) is 5.38 Å². The van der Waals surface area contributed by atoms with E-state index in [0.29, 0.717) is 23.2 Å². The monoisotopic (exact) mass is 324 g/mol. The Kier molecular flexibility index (Phi) is 4.29. The van der Waals surface area contributed by atoms with E-state index in [9.17, 15) is 8.42 Å². The number of rotatable bonds is 7. The highest BCUT2D eigenvalue weighted by atomic mass is 32.2. The molecular weight excluding hydrogens is 308 g/mol. The molecule has 2 aromatic rings. The normalized spacial score (nSPS) is 15.2. The van der Waals surface area contributed by atoms with Crippen LogP contribution in [0.4, 0.5) is 0 Å². The third-order valence-electron chi connectivity index (χ3n) is 3.21. The smallest absolute Gasteiger partial charge is 0.242 e. The molecule has 3 rings (SSSR count). The van der Waals surface area contributed by atoms with E-state index in [1.165, 1.54) is 30.5 Å². The zero-order valence-electron chi connectivity index (χ0n) is 11.3. The highest BCUT2D eigenvalue weighted by molar-refractivity contribution is 7.89. The summed E-state index contributed by atoms with van der Waals surface area (Å²) in [6.45, 7) is 0.766. The van der Waals surface area contributed by atoms with Gasteiger partial charge in [-0.05, 0) is 30.4 Å². The fourth-order valence-corrected chi connectivity index (χ4v) is 4.28. The van der Waals surface area contributed by atoms with Gasteiger partial charge in [-0.1, -0.05) is 0 Å². The van der Waals surface area contributed by atoms with Crippen LogP contribution in [0.3, 0.4) is 0 Å². The first-order valence-corrected chi connectivity index (χ1v) is 9.06. The molecule has 8 heteroatoms. The zero-order chi connectivity index (χ0) is 14.7. The molecule has 1 aliphatic carbocycles. The van der Waals surface area contributed by atoms with Crippen LogP contribution < -0.4 is 10.0 Å². The quantitative estimate of drug-likeness (QED) is 0.801. The molecular formula is C13H16N4O2S2. The van der Waals surface area contributed by atoms with Gasteiger partial charge in [0.05, 0.1) is 17.1 Å². The van der Waals surface area contributed by atoms with E-state index in [2.05, 4.69) is 20.0 Å². The van der Waals surface area contributed by atoms with E-state index in [1.54, 1.807) is 18.3 Å². The summed E-state index contributed by atoms with van der Waals surface area (Å²) in [5.41, 5.74) is 0.640. The summed E-state index contributed by atoms with van der Waals surface area (Å²) in [5, 5.41) is 5.15. The van der Waals surface area contributed by atoms with E-state index < -0.39 is 10.0 Å². The molecule has 2 aromatic heterocycles. The average molecular weight is 324 g/mol. The van der Waals surface area contributed by atoms with Crippen LogP contribution in [-0.4, -0.2) is 24.4 Å². The molecule has 0 aliphatic heterocycles. The second-order valence-electron chi connectivity index (χ2n) is 4.89.